The highest BCUT2D eigenvalue weighted by atomic mass is 16.5. The molecule has 1 aromatic rings. The highest BCUT2D eigenvalue weighted by Crippen LogP contribution is 2.30. The van der Waals surface area contributed by atoms with Crippen molar-refractivity contribution in [3.05, 3.63) is 17.1 Å². The van der Waals surface area contributed by atoms with Gasteiger partial charge in [-0.25, -0.2) is 9.97 Å². The van der Waals surface area contributed by atoms with E-state index < -0.39 is 0 Å². The number of amides is 1. The van der Waals surface area contributed by atoms with Gasteiger partial charge in [-0.2, -0.15) is 0 Å². The Morgan fingerprint density at radius 2 is 2.04 bits per heavy atom. The van der Waals surface area contributed by atoms with E-state index in [1.54, 1.807) is 0 Å². The summed E-state index contributed by atoms with van der Waals surface area (Å²) < 4.78 is 5.66. The fourth-order valence-corrected chi connectivity index (χ4v) is 4.62. The van der Waals surface area contributed by atoms with E-state index in [4.69, 9.17) is 14.7 Å². The first kappa shape index (κ1) is 19.6. The van der Waals surface area contributed by atoms with Crippen LogP contribution in [-0.2, 0) is 22.5 Å². The average Bonchev–Trinajstić information content (AvgIpc) is 3.25. The Labute approximate surface area is 167 Å². The molecular formula is C21H33N5O2. The van der Waals surface area contributed by atoms with Crippen LogP contribution in [0.25, 0.3) is 0 Å². The van der Waals surface area contributed by atoms with Gasteiger partial charge in [0.1, 0.15) is 11.6 Å². The van der Waals surface area contributed by atoms with Crippen LogP contribution in [0.1, 0.15) is 61.5 Å². The van der Waals surface area contributed by atoms with Crippen molar-refractivity contribution in [1.82, 2.24) is 19.8 Å². The lowest BCUT2D eigenvalue weighted by Gasteiger charge is -2.32. The van der Waals surface area contributed by atoms with Gasteiger partial charge in [-0.3, -0.25) is 4.79 Å². The van der Waals surface area contributed by atoms with Gasteiger partial charge in [0.2, 0.25) is 5.91 Å². The first-order chi connectivity index (χ1) is 13.6. The average molecular weight is 388 g/mol. The Balaban J connectivity index is 1.43. The maximum atomic E-state index is 12.7. The molecule has 0 spiro atoms. The van der Waals surface area contributed by atoms with Crippen molar-refractivity contribution in [1.29, 1.82) is 0 Å². The van der Waals surface area contributed by atoms with E-state index >= 15 is 0 Å². The topological polar surface area (TPSA) is 70.6 Å². The molecule has 4 rings (SSSR count). The number of anilines is 1. The molecule has 154 valence electrons. The number of piperidine rings is 1. The van der Waals surface area contributed by atoms with E-state index in [-0.39, 0.29) is 12.0 Å². The van der Waals surface area contributed by atoms with Crippen LogP contribution < -0.4 is 5.32 Å². The quantitative estimate of drug-likeness (QED) is 0.835. The molecule has 2 fully saturated rings. The number of fused-ring (bicyclic) bond motifs is 1. The summed E-state index contributed by atoms with van der Waals surface area (Å²) in [6.45, 7) is 4.42. The van der Waals surface area contributed by atoms with Crippen molar-refractivity contribution in [3.8, 4) is 0 Å². The zero-order valence-corrected chi connectivity index (χ0v) is 17.2. The predicted octanol–water partition coefficient (Wildman–Crippen LogP) is 2.17. The summed E-state index contributed by atoms with van der Waals surface area (Å²) in [5.74, 6) is 2.55. The lowest BCUT2D eigenvalue weighted by molar-refractivity contribution is -0.132. The lowest BCUT2D eigenvalue weighted by Crippen LogP contribution is -2.37. The van der Waals surface area contributed by atoms with Gasteiger partial charge in [0, 0.05) is 44.5 Å². The summed E-state index contributed by atoms with van der Waals surface area (Å²) >= 11 is 0. The number of rotatable bonds is 5. The molecule has 1 amide bonds. The van der Waals surface area contributed by atoms with Gasteiger partial charge in [-0.1, -0.05) is 0 Å². The van der Waals surface area contributed by atoms with Crippen molar-refractivity contribution < 1.29 is 9.53 Å². The maximum absolute atomic E-state index is 12.7. The molecule has 7 heteroatoms. The Morgan fingerprint density at radius 1 is 1.21 bits per heavy atom. The van der Waals surface area contributed by atoms with Gasteiger partial charge >= 0.3 is 0 Å². The van der Waals surface area contributed by atoms with Gasteiger partial charge in [-0.05, 0) is 52.2 Å². The molecule has 4 heterocycles. The molecule has 0 saturated carbocycles. The van der Waals surface area contributed by atoms with Gasteiger partial charge < -0.3 is 19.9 Å². The highest BCUT2D eigenvalue weighted by Gasteiger charge is 2.28. The second-order valence-electron chi connectivity index (χ2n) is 8.42. The minimum atomic E-state index is 0.225. The number of hydrogen-bond donors (Lipinski definition) is 1. The molecule has 7 nitrogen and oxygen atoms in total. The molecule has 28 heavy (non-hydrogen) atoms. The number of aromatic nitrogens is 2. The van der Waals surface area contributed by atoms with Crippen LogP contribution in [-0.4, -0.2) is 72.1 Å². The number of ether oxygens (including phenoxy) is 1. The molecule has 1 N–H and O–H groups in total. The first-order valence-corrected chi connectivity index (χ1v) is 10.8. The number of likely N-dealkylation sites (tertiary alicyclic amines) is 1. The molecule has 1 atom stereocenters. The summed E-state index contributed by atoms with van der Waals surface area (Å²) in [6.07, 6.45) is 6.95. The van der Waals surface area contributed by atoms with Crippen molar-refractivity contribution in [2.75, 3.05) is 45.7 Å². The van der Waals surface area contributed by atoms with E-state index in [9.17, 15) is 4.79 Å². The number of carbonyl (C=O) groups is 1. The van der Waals surface area contributed by atoms with Crippen LogP contribution in [0.3, 0.4) is 0 Å². The molecule has 0 aliphatic carbocycles. The summed E-state index contributed by atoms with van der Waals surface area (Å²) in [5, 5.41) is 3.26. The monoisotopic (exact) mass is 387 g/mol. The molecule has 3 aliphatic heterocycles. The van der Waals surface area contributed by atoms with Crippen LogP contribution in [0.2, 0.25) is 0 Å². The fourth-order valence-electron chi connectivity index (χ4n) is 4.62. The largest absolute Gasteiger partial charge is 0.378 e. The van der Waals surface area contributed by atoms with Crippen molar-refractivity contribution in [2.24, 2.45) is 0 Å². The van der Waals surface area contributed by atoms with Crippen LogP contribution in [0.5, 0.6) is 0 Å². The number of hydrogen-bond acceptors (Lipinski definition) is 6. The van der Waals surface area contributed by atoms with E-state index in [2.05, 4.69) is 17.3 Å². The molecule has 2 saturated heterocycles. The third-order valence-corrected chi connectivity index (χ3v) is 6.45. The second-order valence-corrected chi connectivity index (χ2v) is 8.42. The minimum absolute atomic E-state index is 0.225. The molecule has 0 aromatic carbocycles. The third kappa shape index (κ3) is 4.30. The Kier molecular flexibility index (Phi) is 6.11. The molecule has 0 unspecified atom stereocenters. The SMILES string of the molecule is CNc1nc(C2CCN(C)CC2)nc2c1CN(C(=O)CC[C@H]1CCCO1)CC2. The summed E-state index contributed by atoms with van der Waals surface area (Å²) in [4.78, 5) is 26.9. The van der Waals surface area contributed by atoms with Crippen LogP contribution in [0.15, 0.2) is 0 Å². The van der Waals surface area contributed by atoms with Gasteiger partial charge in [0.15, 0.2) is 0 Å². The van der Waals surface area contributed by atoms with Crippen LogP contribution in [0.4, 0.5) is 5.82 Å². The molecule has 0 bridgehead atoms. The zero-order chi connectivity index (χ0) is 19.5. The van der Waals surface area contributed by atoms with Crippen molar-refractivity contribution >= 4 is 11.7 Å². The lowest BCUT2D eigenvalue weighted by atomic mass is 9.95. The number of nitrogens with zero attached hydrogens (tertiary/aromatic N) is 4. The Hall–Kier alpha value is -1.73. The summed E-state index contributed by atoms with van der Waals surface area (Å²) in [5.41, 5.74) is 2.22. The van der Waals surface area contributed by atoms with Gasteiger partial charge in [0.25, 0.3) is 0 Å². The third-order valence-electron chi connectivity index (χ3n) is 6.45. The zero-order valence-electron chi connectivity index (χ0n) is 17.2. The highest BCUT2D eigenvalue weighted by molar-refractivity contribution is 5.76. The first-order valence-electron chi connectivity index (χ1n) is 10.8. The predicted molar refractivity (Wildman–Crippen MR) is 108 cm³/mol. The molecule has 0 radical (unpaired) electrons. The summed E-state index contributed by atoms with van der Waals surface area (Å²) in [7, 11) is 4.09. The van der Waals surface area contributed by atoms with E-state index in [0.29, 0.717) is 18.9 Å². The molecular weight excluding hydrogens is 354 g/mol. The van der Waals surface area contributed by atoms with E-state index in [1.165, 1.54) is 0 Å². The molecule has 3 aliphatic rings. The smallest absolute Gasteiger partial charge is 0.222 e. The van der Waals surface area contributed by atoms with Crippen LogP contribution >= 0.6 is 0 Å². The Morgan fingerprint density at radius 3 is 2.75 bits per heavy atom. The van der Waals surface area contributed by atoms with E-state index in [1.807, 2.05) is 11.9 Å². The fraction of sp³-hybridized carbons (Fsp3) is 0.762. The number of carbonyl (C=O) groups excluding carboxylic acids is 1. The molecule has 1 aromatic heterocycles. The second kappa shape index (κ2) is 8.74. The number of nitrogens with one attached hydrogen (secondary N) is 1. The van der Waals surface area contributed by atoms with Crippen molar-refractivity contribution in [2.45, 2.75) is 63.5 Å². The normalized spacial score (nSPS) is 23.6. The van der Waals surface area contributed by atoms with Crippen molar-refractivity contribution in [3.63, 3.8) is 0 Å². The summed E-state index contributed by atoms with van der Waals surface area (Å²) in [6, 6.07) is 0. The van der Waals surface area contributed by atoms with E-state index in [0.717, 1.165) is 87.7 Å². The minimum Gasteiger partial charge on any atom is -0.378 e. The van der Waals surface area contributed by atoms with Gasteiger partial charge in [-0.15, -0.1) is 0 Å². The van der Waals surface area contributed by atoms with Crippen LogP contribution in [0, 0.1) is 0 Å². The van der Waals surface area contributed by atoms with Gasteiger partial charge in [0.05, 0.1) is 18.3 Å². The standard InChI is InChI=1S/C21H33N5O2/c1-22-21-17-14-26(19(27)6-5-16-4-3-13-28-16)12-9-18(17)23-20(24-21)15-7-10-25(2)11-8-15/h15-16H,3-14H2,1-2H3,(H,22,23,24)/t16-/m1/s1. The Bertz CT molecular complexity index is 679. The maximum Gasteiger partial charge on any atom is 0.222 e.